The maximum absolute atomic E-state index is 12.9. The van der Waals surface area contributed by atoms with E-state index in [0.717, 1.165) is 5.56 Å². The van der Waals surface area contributed by atoms with Gasteiger partial charge in [0.15, 0.2) is 0 Å². The summed E-state index contributed by atoms with van der Waals surface area (Å²) in [5.41, 5.74) is 1.03. The number of aromatic nitrogens is 1. The third-order valence-corrected chi connectivity index (χ3v) is 7.58. The fraction of sp³-hybridized carbons (Fsp3) is 0.217. The fourth-order valence-corrected chi connectivity index (χ4v) is 5.34. The van der Waals surface area contributed by atoms with Crippen LogP contribution in [0.25, 0.3) is 0 Å². The van der Waals surface area contributed by atoms with E-state index in [0.29, 0.717) is 17.3 Å². The second-order valence-corrected chi connectivity index (χ2v) is 10.9. The largest absolute Gasteiger partial charge is 0.480 e. The molecule has 0 unspecified atom stereocenters. The zero-order valence-corrected chi connectivity index (χ0v) is 19.3. The van der Waals surface area contributed by atoms with Gasteiger partial charge in [-0.25, -0.2) is 8.42 Å². The van der Waals surface area contributed by atoms with Crippen LogP contribution >= 0.6 is 11.8 Å². The summed E-state index contributed by atoms with van der Waals surface area (Å²) >= 11 is 1.37. The van der Waals surface area contributed by atoms with E-state index in [1.165, 1.54) is 36.0 Å². The molecule has 0 aliphatic heterocycles. The van der Waals surface area contributed by atoms with Crippen LogP contribution in [0.5, 0.6) is 11.5 Å². The normalized spacial score (nSPS) is 12.8. The van der Waals surface area contributed by atoms with Crippen LogP contribution in [0.4, 0.5) is 0 Å². The standard InChI is InChI=1S/C23H24N2O5S2/c1-23(2,31-16-17-6-4-3-5-7-17)21(22(26)27)25-32(28,29)20-10-8-18(9-11-20)30-19-12-14-24-15-13-19/h3-15,21,25H,16H2,1-2H3,(H,26,27)/t21-/m0/s1. The number of carboxylic acids is 1. The van der Waals surface area contributed by atoms with Crippen molar-refractivity contribution >= 4 is 27.8 Å². The molecule has 7 nitrogen and oxygen atoms in total. The van der Waals surface area contributed by atoms with E-state index in [-0.39, 0.29) is 4.90 Å². The van der Waals surface area contributed by atoms with Crippen molar-refractivity contribution in [2.24, 2.45) is 0 Å². The number of carboxylic acid groups (broad SMARTS) is 1. The Morgan fingerprint density at radius 2 is 1.62 bits per heavy atom. The zero-order chi connectivity index (χ0) is 23.2. The maximum Gasteiger partial charge on any atom is 0.323 e. The first-order valence-corrected chi connectivity index (χ1v) is 12.3. The lowest BCUT2D eigenvalue weighted by Crippen LogP contribution is -2.52. The van der Waals surface area contributed by atoms with E-state index in [2.05, 4.69) is 9.71 Å². The van der Waals surface area contributed by atoms with Gasteiger partial charge in [-0.3, -0.25) is 9.78 Å². The Morgan fingerprint density at radius 3 is 2.22 bits per heavy atom. The van der Waals surface area contributed by atoms with Gasteiger partial charge in [-0.05, 0) is 55.8 Å². The molecular formula is C23H24N2O5S2. The average molecular weight is 473 g/mol. The van der Waals surface area contributed by atoms with Gasteiger partial charge in [0.2, 0.25) is 10.0 Å². The summed E-state index contributed by atoms with van der Waals surface area (Å²) in [6.45, 7) is 3.43. The zero-order valence-electron chi connectivity index (χ0n) is 17.6. The van der Waals surface area contributed by atoms with Crippen LogP contribution in [0.2, 0.25) is 0 Å². The molecule has 0 radical (unpaired) electrons. The van der Waals surface area contributed by atoms with Crippen LogP contribution in [0.3, 0.4) is 0 Å². The first-order valence-electron chi connectivity index (χ1n) is 9.78. The van der Waals surface area contributed by atoms with Crippen molar-refractivity contribution < 1.29 is 23.1 Å². The smallest absolute Gasteiger partial charge is 0.323 e. The highest BCUT2D eigenvalue weighted by molar-refractivity contribution is 8.00. The number of benzene rings is 2. The Morgan fingerprint density at radius 1 is 1.03 bits per heavy atom. The molecule has 0 fully saturated rings. The highest BCUT2D eigenvalue weighted by atomic mass is 32.2. The lowest BCUT2D eigenvalue weighted by Gasteiger charge is -2.31. The molecule has 1 aromatic heterocycles. The molecule has 0 aliphatic rings. The average Bonchev–Trinajstić information content (AvgIpc) is 2.78. The van der Waals surface area contributed by atoms with Crippen molar-refractivity contribution in [3.8, 4) is 11.5 Å². The first-order chi connectivity index (χ1) is 15.2. The van der Waals surface area contributed by atoms with Crippen molar-refractivity contribution in [1.82, 2.24) is 9.71 Å². The van der Waals surface area contributed by atoms with Crippen LogP contribution in [0.15, 0.2) is 84.0 Å². The monoisotopic (exact) mass is 472 g/mol. The van der Waals surface area contributed by atoms with Crippen LogP contribution in [-0.2, 0) is 20.6 Å². The third-order valence-electron chi connectivity index (χ3n) is 4.69. The molecule has 2 N–H and O–H groups in total. The van der Waals surface area contributed by atoms with E-state index in [1.807, 2.05) is 30.3 Å². The summed E-state index contributed by atoms with van der Waals surface area (Å²) in [5.74, 6) is 0.331. The number of rotatable bonds is 10. The second-order valence-electron chi connectivity index (χ2n) is 7.53. The van der Waals surface area contributed by atoms with Gasteiger partial charge in [-0.2, -0.15) is 4.72 Å². The highest BCUT2D eigenvalue weighted by Crippen LogP contribution is 2.32. The number of hydrogen-bond donors (Lipinski definition) is 2. The molecule has 0 amide bonds. The number of ether oxygens (including phenoxy) is 1. The minimum atomic E-state index is -4.07. The molecule has 168 valence electrons. The van der Waals surface area contributed by atoms with Gasteiger partial charge in [-0.15, -0.1) is 11.8 Å². The molecule has 3 aromatic rings. The number of thioether (sulfide) groups is 1. The molecule has 0 spiro atoms. The number of nitrogens with zero attached hydrogens (tertiary/aromatic N) is 1. The Bertz CT molecular complexity index is 1140. The molecule has 0 saturated heterocycles. The summed E-state index contributed by atoms with van der Waals surface area (Å²) in [4.78, 5) is 15.8. The van der Waals surface area contributed by atoms with Crippen molar-refractivity contribution in [3.05, 3.63) is 84.7 Å². The third kappa shape index (κ3) is 6.32. The van der Waals surface area contributed by atoms with Crippen molar-refractivity contribution in [2.75, 3.05) is 0 Å². The summed E-state index contributed by atoms with van der Waals surface area (Å²) in [6, 6.07) is 17.4. The predicted octanol–water partition coefficient (Wildman–Crippen LogP) is 4.32. The number of nitrogens with one attached hydrogen (secondary N) is 1. The quantitative estimate of drug-likeness (QED) is 0.453. The van der Waals surface area contributed by atoms with Gasteiger partial charge in [0.05, 0.1) is 4.90 Å². The molecule has 9 heteroatoms. The van der Waals surface area contributed by atoms with Gasteiger partial charge in [0, 0.05) is 22.9 Å². The SMILES string of the molecule is CC(C)(SCc1ccccc1)[C@@H](NS(=O)(=O)c1ccc(Oc2ccncc2)cc1)C(=O)O. The number of hydrogen-bond acceptors (Lipinski definition) is 6. The Labute approximate surface area is 191 Å². The van der Waals surface area contributed by atoms with Gasteiger partial charge in [0.25, 0.3) is 0 Å². The number of sulfonamides is 1. The topological polar surface area (TPSA) is 106 Å². The van der Waals surface area contributed by atoms with Crippen LogP contribution in [0, 0.1) is 0 Å². The molecule has 0 bridgehead atoms. The molecule has 1 heterocycles. The maximum atomic E-state index is 12.9. The Hall–Kier alpha value is -2.88. The lowest BCUT2D eigenvalue weighted by molar-refractivity contribution is -0.139. The van der Waals surface area contributed by atoms with Crippen molar-refractivity contribution in [2.45, 2.75) is 35.3 Å². The highest BCUT2D eigenvalue weighted by Gasteiger charge is 2.39. The summed E-state index contributed by atoms with van der Waals surface area (Å²) in [5, 5.41) is 9.76. The van der Waals surface area contributed by atoms with Crippen LogP contribution in [-0.4, -0.2) is 35.3 Å². The van der Waals surface area contributed by atoms with E-state index in [9.17, 15) is 18.3 Å². The van der Waals surface area contributed by atoms with Gasteiger partial charge < -0.3 is 9.84 Å². The van der Waals surface area contributed by atoms with Gasteiger partial charge in [-0.1, -0.05) is 30.3 Å². The molecule has 32 heavy (non-hydrogen) atoms. The summed E-state index contributed by atoms with van der Waals surface area (Å²) < 4.78 is 32.9. The Balaban J connectivity index is 1.72. The van der Waals surface area contributed by atoms with E-state index in [1.54, 1.807) is 38.4 Å². The molecule has 2 aromatic carbocycles. The summed E-state index contributed by atoms with van der Waals surface area (Å²) in [7, 11) is -4.07. The van der Waals surface area contributed by atoms with E-state index in [4.69, 9.17) is 4.74 Å². The second kappa shape index (κ2) is 10.2. The minimum Gasteiger partial charge on any atom is -0.480 e. The molecule has 0 saturated carbocycles. The van der Waals surface area contributed by atoms with E-state index < -0.39 is 26.8 Å². The van der Waals surface area contributed by atoms with Crippen LogP contribution in [0.1, 0.15) is 19.4 Å². The van der Waals surface area contributed by atoms with Crippen molar-refractivity contribution in [3.63, 3.8) is 0 Å². The minimum absolute atomic E-state index is 0.0466. The number of aliphatic carboxylic acids is 1. The van der Waals surface area contributed by atoms with Crippen LogP contribution < -0.4 is 9.46 Å². The number of carbonyl (C=O) groups is 1. The lowest BCUT2D eigenvalue weighted by atomic mass is 10.1. The summed E-state index contributed by atoms with van der Waals surface area (Å²) in [6.07, 6.45) is 3.17. The first kappa shape index (κ1) is 23.8. The molecule has 0 aliphatic carbocycles. The number of pyridine rings is 1. The Kier molecular flexibility index (Phi) is 7.55. The predicted molar refractivity (Wildman–Crippen MR) is 124 cm³/mol. The molecule has 1 atom stereocenters. The van der Waals surface area contributed by atoms with Crippen molar-refractivity contribution in [1.29, 1.82) is 0 Å². The molecular weight excluding hydrogens is 448 g/mol. The van der Waals surface area contributed by atoms with E-state index >= 15 is 0 Å². The molecule has 3 rings (SSSR count). The van der Waals surface area contributed by atoms with Gasteiger partial charge >= 0.3 is 5.97 Å². The van der Waals surface area contributed by atoms with Gasteiger partial charge in [0.1, 0.15) is 17.5 Å². The fourth-order valence-electron chi connectivity index (χ4n) is 2.87.